The van der Waals surface area contributed by atoms with E-state index in [9.17, 15) is 9.18 Å². The van der Waals surface area contributed by atoms with Gasteiger partial charge in [-0.25, -0.2) is 4.39 Å². The molecule has 6 nitrogen and oxygen atoms in total. The third-order valence-corrected chi connectivity index (χ3v) is 5.34. The van der Waals surface area contributed by atoms with E-state index in [4.69, 9.17) is 23.2 Å². The van der Waals surface area contributed by atoms with Crippen LogP contribution in [0.25, 0.3) is 11.1 Å². The van der Waals surface area contributed by atoms with Crippen LogP contribution in [0.3, 0.4) is 0 Å². The summed E-state index contributed by atoms with van der Waals surface area (Å²) in [6.45, 7) is 5.36. The van der Waals surface area contributed by atoms with Crippen LogP contribution in [0, 0.1) is 11.7 Å². The van der Waals surface area contributed by atoms with E-state index in [1.54, 1.807) is 6.07 Å². The average Bonchev–Trinajstić information content (AvgIpc) is 3.09. The van der Waals surface area contributed by atoms with Gasteiger partial charge in [-0.15, -0.1) is 0 Å². The number of nitrogens with one attached hydrogen (secondary N) is 2. The molecule has 0 radical (unpaired) electrons. The molecule has 150 valence electrons. The number of halogens is 3. The summed E-state index contributed by atoms with van der Waals surface area (Å²) in [6, 6.07) is 4.43. The van der Waals surface area contributed by atoms with Crippen LogP contribution >= 0.6 is 23.2 Å². The summed E-state index contributed by atoms with van der Waals surface area (Å²) in [5.41, 5.74) is 3.13. The third kappa shape index (κ3) is 4.47. The smallest absolute Gasteiger partial charge is 0.247 e. The lowest BCUT2D eigenvalue weighted by Crippen LogP contribution is -2.34. The largest absolute Gasteiger partial charge is 0.369 e. The third-order valence-electron chi connectivity index (χ3n) is 4.76. The van der Waals surface area contributed by atoms with Crippen LogP contribution in [0.15, 0.2) is 18.2 Å². The molecule has 0 saturated carbocycles. The molecule has 2 N–H and O–H groups in total. The molecule has 2 aromatic rings. The molecule has 1 aliphatic rings. The highest BCUT2D eigenvalue weighted by Crippen LogP contribution is 2.39. The second kappa shape index (κ2) is 8.92. The maximum absolute atomic E-state index is 14.6. The van der Waals surface area contributed by atoms with Gasteiger partial charge in [0.2, 0.25) is 11.9 Å². The van der Waals surface area contributed by atoms with Gasteiger partial charge < -0.3 is 5.32 Å². The van der Waals surface area contributed by atoms with Crippen molar-refractivity contribution >= 4 is 40.9 Å². The van der Waals surface area contributed by atoms with Crippen molar-refractivity contribution in [3.8, 4) is 11.1 Å². The lowest BCUT2D eigenvalue weighted by atomic mass is 10.0. The number of carbonyl (C=O) groups excluding carboxylic acids is 1. The van der Waals surface area contributed by atoms with Gasteiger partial charge in [0.15, 0.2) is 0 Å². The van der Waals surface area contributed by atoms with Crippen molar-refractivity contribution in [3.63, 3.8) is 0 Å². The summed E-state index contributed by atoms with van der Waals surface area (Å²) < 4.78 is 14.6. The molecular formula is C19H22Cl2FN5O. The minimum Gasteiger partial charge on any atom is -0.369 e. The molecule has 2 heterocycles. The fourth-order valence-corrected chi connectivity index (χ4v) is 3.41. The maximum Gasteiger partial charge on any atom is 0.247 e. The molecule has 9 heteroatoms. The fraction of sp³-hybridized carbons (Fsp3) is 0.421. The first-order valence-electron chi connectivity index (χ1n) is 9.23. The second-order valence-electron chi connectivity index (χ2n) is 6.80. The van der Waals surface area contributed by atoms with Crippen LogP contribution in [-0.2, 0) is 4.79 Å². The van der Waals surface area contributed by atoms with Crippen LogP contribution in [0.4, 0.5) is 16.2 Å². The Kier molecular flexibility index (Phi) is 6.57. The number of nitrogens with zero attached hydrogens (tertiary/aromatic N) is 3. The molecule has 0 spiro atoms. The molecule has 1 aromatic heterocycles. The zero-order valence-electron chi connectivity index (χ0n) is 15.7. The summed E-state index contributed by atoms with van der Waals surface area (Å²) in [4.78, 5) is 20.3. The number of rotatable bonds is 7. The summed E-state index contributed by atoms with van der Waals surface area (Å²) in [6.07, 6.45) is 2.32. The summed E-state index contributed by atoms with van der Waals surface area (Å²) >= 11 is 12.7. The lowest BCUT2D eigenvalue weighted by Gasteiger charge is -2.20. The normalized spacial score (nSPS) is 14.9. The minimum atomic E-state index is -0.509. The zero-order valence-corrected chi connectivity index (χ0v) is 17.2. The number of aromatic nitrogens is 2. The van der Waals surface area contributed by atoms with Crippen LogP contribution in [0.2, 0.25) is 10.2 Å². The molecule has 0 bridgehead atoms. The monoisotopic (exact) mass is 425 g/mol. The number of anilines is 2. The highest BCUT2D eigenvalue weighted by molar-refractivity contribution is 6.36. The van der Waals surface area contributed by atoms with E-state index in [0.29, 0.717) is 36.8 Å². The van der Waals surface area contributed by atoms with Crippen LogP contribution in [-0.4, -0.2) is 29.0 Å². The Balaban J connectivity index is 2.03. The topological polar surface area (TPSA) is 70.2 Å². The van der Waals surface area contributed by atoms with Gasteiger partial charge in [-0.2, -0.15) is 9.97 Å². The second-order valence-corrected chi connectivity index (χ2v) is 7.57. The molecular weight excluding hydrogens is 404 g/mol. The molecule has 1 saturated heterocycles. The molecule has 1 atom stereocenters. The Morgan fingerprint density at radius 3 is 2.75 bits per heavy atom. The predicted molar refractivity (Wildman–Crippen MR) is 110 cm³/mol. The predicted octanol–water partition coefficient (Wildman–Crippen LogP) is 4.68. The van der Waals surface area contributed by atoms with E-state index in [1.807, 2.05) is 0 Å². The number of benzene rings is 1. The van der Waals surface area contributed by atoms with Gasteiger partial charge in [-0.05, 0) is 24.5 Å². The quantitative estimate of drug-likeness (QED) is 0.630. The van der Waals surface area contributed by atoms with Gasteiger partial charge in [-0.3, -0.25) is 15.2 Å². The van der Waals surface area contributed by atoms with Gasteiger partial charge >= 0.3 is 0 Å². The summed E-state index contributed by atoms with van der Waals surface area (Å²) in [5, 5.41) is 5.06. The highest BCUT2D eigenvalue weighted by atomic mass is 35.5. The molecule has 1 unspecified atom stereocenters. The molecule has 1 amide bonds. The molecule has 0 aliphatic carbocycles. The Hall–Kier alpha value is -2.12. The summed E-state index contributed by atoms with van der Waals surface area (Å²) in [7, 11) is 0. The van der Waals surface area contributed by atoms with Gasteiger partial charge in [0, 0.05) is 18.5 Å². The molecule has 3 rings (SSSR count). The van der Waals surface area contributed by atoms with Crippen molar-refractivity contribution in [2.24, 2.45) is 5.92 Å². The number of hydrogen-bond donors (Lipinski definition) is 2. The van der Waals surface area contributed by atoms with Gasteiger partial charge in [0.1, 0.15) is 16.8 Å². The van der Waals surface area contributed by atoms with Crippen LogP contribution in [0.1, 0.15) is 33.1 Å². The van der Waals surface area contributed by atoms with E-state index in [2.05, 4.69) is 34.6 Å². The maximum atomic E-state index is 14.6. The van der Waals surface area contributed by atoms with Crippen molar-refractivity contribution in [1.82, 2.24) is 15.4 Å². The van der Waals surface area contributed by atoms with Gasteiger partial charge in [0.25, 0.3) is 0 Å². The van der Waals surface area contributed by atoms with E-state index >= 15 is 0 Å². The Labute approximate surface area is 173 Å². The Morgan fingerprint density at radius 2 is 2.11 bits per heavy atom. The molecule has 1 aliphatic heterocycles. The Morgan fingerprint density at radius 1 is 1.32 bits per heavy atom. The fourth-order valence-electron chi connectivity index (χ4n) is 2.90. The van der Waals surface area contributed by atoms with Gasteiger partial charge in [-0.1, -0.05) is 49.5 Å². The van der Waals surface area contributed by atoms with E-state index in [-0.39, 0.29) is 27.6 Å². The van der Waals surface area contributed by atoms with Crippen molar-refractivity contribution < 1.29 is 9.18 Å². The van der Waals surface area contributed by atoms with Crippen molar-refractivity contribution in [3.05, 3.63) is 34.2 Å². The molecule has 1 fully saturated rings. The number of carbonyl (C=O) groups is 1. The highest BCUT2D eigenvalue weighted by Gasteiger charge is 2.26. The molecule has 28 heavy (non-hydrogen) atoms. The van der Waals surface area contributed by atoms with E-state index < -0.39 is 5.82 Å². The van der Waals surface area contributed by atoms with Crippen molar-refractivity contribution in [1.29, 1.82) is 0 Å². The Bertz CT molecular complexity index is 859. The molecule has 1 aromatic carbocycles. The van der Waals surface area contributed by atoms with Crippen LogP contribution < -0.4 is 15.8 Å². The first-order valence-corrected chi connectivity index (χ1v) is 9.99. The first kappa shape index (κ1) is 20.6. The summed E-state index contributed by atoms with van der Waals surface area (Å²) in [5.74, 6) is 0.532. The lowest BCUT2D eigenvalue weighted by molar-refractivity contribution is -0.119. The van der Waals surface area contributed by atoms with E-state index in [1.165, 1.54) is 17.1 Å². The standard InChI is InChI=1S/C19H22Cl2FN5O/c1-3-11(2)7-9-23-18-16(15-12(20)5-4-6-13(15)22)17(21)24-19(25-18)27-10-8-14(28)26-27/h4-6,11H,3,7-10H2,1-2H3,(H,26,28)(H,23,24,25). The van der Waals surface area contributed by atoms with Crippen molar-refractivity contribution in [2.75, 3.05) is 23.4 Å². The van der Waals surface area contributed by atoms with Gasteiger partial charge in [0.05, 0.1) is 17.1 Å². The number of hydrazine groups is 1. The van der Waals surface area contributed by atoms with Crippen LogP contribution in [0.5, 0.6) is 0 Å². The number of hydrogen-bond acceptors (Lipinski definition) is 5. The first-order chi connectivity index (χ1) is 13.4. The number of amides is 1. The van der Waals surface area contributed by atoms with E-state index in [0.717, 1.165) is 12.8 Å². The zero-order chi connectivity index (χ0) is 20.3. The minimum absolute atomic E-state index is 0.0594. The SMILES string of the molecule is CCC(C)CCNc1nc(N2CCC(=O)N2)nc(Cl)c1-c1c(F)cccc1Cl. The van der Waals surface area contributed by atoms with Crippen molar-refractivity contribution in [2.45, 2.75) is 33.1 Å². The average molecular weight is 426 g/mol.